The summed E-state index contributed by atoms with van der Waals surface area (Å²) in [5.41, 5.74) is 6.26. The Morgan fingerprint density at radius 1 is 1.47 bits per heavy atom. The Labute approximate surface area is 105 Å². The lowest BCUT2D eigenvalue weighted by Gasteiger charge is -2.16. The summed E-state index contributed by atoms with van der Waals surface area (Å²) in [5, 5.41) is 4.56. The normalized spacial score (nSPS) is 14.6. The fourth-order valence-electron chi connectivity index (χ4n) is 1.35. The summed E-state index contributed by atoms with van der Waals surface area (Å²) >= 11 is 5.91. The molecule has 1 aromatic carbocycles. The molecule has 0 saturated heterocycles. The van der Waals surface area contributed by atoms with E-state index in [9.17, 15) is 0 Å². The highest BCUT2D eigenvalue weighted by molar-refractivity contribution is 6.30. The fourth-order valence-corrected chi connectivity index (χ4v) is 1.54. The van der Waals surface area contributed by atoms with Gasteiger partial charge in [0.2, 0.25) is 11.7 Å². The maximum Gasteiger partial charge on any atom is 0.246 e. The van der Waals surface area contributed by atoms with Gasteiger partial charge in [-0.1, -0.05) is 35.8 Å². The summed E-state index contributed by atoms with van der Waals surface area (Å²) in [6.45, 7) is 3.84. The van der Waals surface area contributed by atoms with Crippen LogP contribution in [0.2, 0.25) is 5.02 Å². The zero-order valence-electron chi connectivity index (χ0n) is 9.77. The molecule has 0 bridgehead atoms. The van der Waals surface area contributed by atoms with Gasteiger partial charge in [0, 0.05) is 10.6 Å². The average Bonchev–Trinajstić information content (AvgIpc) is 2.79. The van der Waals surface area contributed by atoms with E-state index in [4.69, 9.17) is 21.9 Å². The van der Waals surface area contributed by atoms with Crippen LogP contribution in [-0.4, -0.2) is 10.1 Å². The predicted molar refractivity (Wildman–Crippen MR) is 66.6 cm³/mol. The molecule has 0 aliphatic heterocycles. The molecule has 1 atom stereocenters. The van der Waals surface area contributed by atoms with Crippen LogP contribution in [0.15, 0.2) is 28.8 Å². The molecule has 0 radical (unpaired) electrons. The van der Waals surface area contributed by atoms with E-state index in [0.29, 0.717) is 16.7 Å². The Bertz CT molecular complexity index is 522. The molecule has 2 rings (SSSR count). The molecule has 0 aliphatic rings. The molecule has 1 unspecified atom stereocenters. The zero-order valence-corrected chi connectivity index (χ0v) is 10.5. The molecular weight excluding hydrogens is 238 g/mol. The molecule has 4 nitrogen and oxygen atoms in total. The van der Waals surface area contributed by atoms with Crippen LogP contribution >= 0.6 is 11.6 Å². The van der Waals surface area contributed by atoms with E-state index >= 15 is 0 Å². The smallest absolute Gasteiger partial charge is 0.246 e. The second-order valence-electron chi connectivity index (χ2n) is 4.20. The van der Waals surface area contributed by atoms with Gasteiger partial charge in [0.1, 0.15) is 0 Å². The van der Waals surface area contributed by atoms with Crippen molar-refractivity contribution >= 4 is 11.6 Å². The molecule has 90 valence electrons. The SMILES string of the molecule is CCC(C)(N)c1nc(-c2cccc(Cl)c2)no1. The first kappa shape index (κ1) is 12.1. The summed E-state index contributed by atoms with van der Waals surface area (Å²) < 4.78 is 5.19. The van der Waals surface area contributed by atoms with E-state index in [1.807, 2.05) is 26.0 Å². The number of benzene rings is 1. The number of hydrogen-bond donors (Lipinski definition) is 1. The Morgan fingerprint density at radius 3 is 2.88 bits per heavy atom. The molecule has 5 heteroatoms. The summed E-state index contributed by atoms with van der Waals surface area (Å²) in [7, 11) is 0. The Morgan fingerprint density at radius 2 is 2.24 bits per heavy atom. The van der Waals surface area contributed by atoms with Crippen molar-refractivity contribution in [1.29, 1.82) is 0 Å². The molecule has 0 fully saturated rings. The van der Waals surface area contributed by atoms with Crippen LogP contribution in [-0.2, 0) is 5.54 Å². The van der Waals surface area contributed by atoms with Gasteiger partial charge in [0.25, 0.3) is 0 Å². The maximum absolute atomic E-state index is 6.04. The number of nitrogens with two attached hydrogens (primary N) is 1. The lowest BCUT2D eigenvalue weighted by molar-refractivity contribution is 0.291. The first-order valence-corrected chi connectivity index (χ1v) is 5.80. The number of halogens is 1. The van der Waals surface area contributed by atoms with Gasteiger partial charge in [-0.25, -0.2) is 0 Å². The molecule has 0 amide bonds. The van der Waals surface area contributed by atoms with Crippen molar-refractivity contribution in [2.75, 3.05) is 0 Å². The van der Waals surface area contributed by atoms with E-state index in [-0.39, 0.29) is 0 Å². The summed E-state index contributed by atoms with van der Waals surface area (Å²) in [4.78, 5) is 4.30. The van der Waals surface area contributed by atoms with E-state index in [0.717, 1.165) is 12.0 Å². The van der Waals surface area contributed by atoms with Gasteiger partial charge in [0.05, 0.1) is 5.54 Å². The molecule has 0 aliphatic carbocycles. The van der Waals surface area contributed by atoms with Crippen molar-refractivity contribution in [3.8, 4) is 11.4 Å². The standard InChI is InChI=1S/C12H14ClN3O/c1-3-12(2,14)11-15-10(16-17-11)8-5-4-6-9(13)7-8/h4-7H,3,14H2,1-2H3. The topological polar surface area (TPSA) is 64.9 Å². The van der Waals surface area contributed by atoms with Gasteiger partial charge in [-0.3, -0.25) is 0 Å². The van der Waals surface area contributed by atoms with Crippen LogP contribution < -0.4 is 5.73 Å². The highest BCUT2D eigenvalue weighted by Gasteiger charge is 2.26. The maximum atomic E-state index is 6.04. The lowest BCUT2D eigenvalue weighted by atomic mass is 10.0. The van der Waals surface area contributed by atoms with E-state index in [1.54, 1.807) is 12.1 Å². The van der Waals surface area contributed by atoms with Gasteiger partial charge in [-0.2, -0.15) is 4.98 Å². The van der Waals surface area contributed by atoms with Gasteiger partial charge in [0.15, 0.2) is 0 Å². The molecule has 2 N–H and O–H groups in total. The molecule has 0 saturated carbocycles. The van der Waals surface area contributed by atoms with Gasteiger partial charge in [-0.15, -0.1) is 0 Å². The van der Waals surface area contributed by atoms with Crippen LogP contribution in [0.25, 0.3) is 11.4 Å². The number of hydrogen-bond acceptors (Lipinski definition) is 4. The lowest BCUT2D eigenvalue weighted by Crippen LogP contribution is -2.32. The van der Waals surface area contributed by atoms with Gasteiger partial charge in [-0.05, 0) is 25.5 Å². The number of nitrogens with zero attached hydrogens (tertiary/aromatic N) is 2. The highest BCUT2D eigenvalue weighted by Crippen LogP contribution is 2.24. The second-order valence-corrected chi connectivity index (χ2v) is 4.64. The third-order valence-electron chi connectivity index (χ3n) is 2.73. The molecule has 1 aromatic heterocycles. The minimum absolute atomic E-state index is 0.440. The third-order valence-corrected chi connectivity index (χ3v) is 2.97. The summed E-state index contributed by atoms with van der Waals surface area (Å²) in [6.07, 6.45) is 0.726. The van der Waals surface area contributed by atoms with Crippen LogP contribution in [0.3, 0.4) is 0 Å². The minimum atomic E-state index is -0.593. The first-order valence-electron chi connectivity index (χ1n) is 5.42. The average molecular weight is 252 g/mol. The van der Waals surface area contributed by atoms with Gasteiger partial charge >= 0.3 is 0 Å². The molecule has 0 spiro atoms. The Balaban J connectivity index is 2.36. The molecule has 17 heavy (non-hydrogen) atoms. The zero-order chi connectivity index (χ0) is 12.5. The Hall–Kier alpha value is -1.39. The fraction of sp³-hybridized carbons (Fsp3) is 0.333. The van der Waals surface area contributed by atoms with E-state index in [1.165, 1.54) is 0 Å². The third kappa shape index (κ3) is 2.48. The predicted octanol–water partition coefficient (Wildman–Crippen LogP) is 2.97. The van der Waals surface area contributed by atoms with Crippen molar-refractivity contribution in [2.24, 2.45) is 5.73 Å². The minimum Gasteiger partial charge on any atom is -0.337 e. The Kier molecular flexibility index (Phi) is 3.17. The van der Waals surface area contributed by atoms with Crippen molar-refractivity contribution in [3.05, 3.63) is 35.2 Å². The van der Waals surface area contributed by atoms with Crippen molar-refractivity contribution in [1.82, 2.24) is 10.1 Å². The summed E-state index contributed by atoms with van der Waals surface area (Å²) in [5.74, 6) is 0.947. The summed E-state index contributed by atoms with van der Waals surface area (Å²) in [6, 6.07) is 7.30. The van der Waals surface area contributed by atoms with Crippen LogP contribution in [0.4, 0.5) is 0 Å². The van der Waals surface area contributed by atoms with Gasteiger partial charge < -0.3 is 10.3 Å². The molecular formula is C12H14ClN3O. The van der Waals surface area contributed by atoms with E-state index in [2.05, 4.69) is 10.1 Å². The quantitative estimate of drug-likeness (QED) is 0.911. The van der Waals surface area contributed by atoms with E-state index < -0.39 is 5.54 Å². The molecule has 1 heterocycles. The van der Waals surface area contributed by atoms with Crippen molar-refractivity contribution in [3.63, 3.8) is 0 Å². The number of aromatic nitrogens is 2. The molecule has 2 aromatic rings. The monoisotopic (exact) mass is 251 g/mol. The number of rotatable bonds is 3. The highest BCUT2D eigenvalue weighted by atomic mass is 35.5. The first-order chi connectivity index (χ1) is 8.03. The van der Waals surface area contributed by atoms with Crippen LogP contribution in [0, 0.1) is 0 Å². The van der Waals surface area contributed by atoms with Crippen LogP contribution in [0.1, 0.15) is 26.2 Å². The second kappa shape index (κ2) is 4.47. The van der Waals surface area contributed by atoms with Crippen molar-refractivity contribution < 1.29 is 4.52 Å². The van der Waals surface area contributed by atoms with Crippen LogP contribution in [0.5, 0.6) is 0 Å². The largest absolute Gasteiger partial charge is 0.337 e. The van der Waals surface area contributed by atoms with Crippen molar-refractivity contribution in [2.45, 2.75) is 25.8 Å².